The Morgan fingerprint density at radius 2 is 1.84 bits per heavy atom. The number of nitrogens with one attached hydrogen (secondary N) is 2. The summed E-state index contributed by atoms with van der Waals surface area (Å²) < 4.78 is 42.0. The molecule has 0 heterocycles. The van der Waals surface area contributed by atoms with Crippen molar-refractivity contribution in [3.8, 4) is 0 Å². The molecule has 5 nitrogen and oxygen atoms in total. The molecule has 0 fully saturated rings. The SMILES string of the molecule is CCNC(=NCCC(=O)OC)NCCc1ccc(C(F)(F)F)cc1.I. The number of methoxy groups -OCH3 is 1. The fourth-order valence-corrected chi connectivity index (χ4v) is 1.89. The molecule has 0 radical (unpaired) electrons. The predicted molar refractivity (Wildman–Crippen MR) is 101 cm³/mol. The van der Waals surface area contributed by atoms with Crippen LogP contribution in [0.15, 0.2) is 29.3 Å². The van der Waals surface area contributed by atoms with Gasteiger partial charge in [-0.3, -0.25) is 9.79 Å². The summed E-state index contributed by atoms with van der Waals surface area (Å²) in [6, 6.07) is 5.08. The van der Waals surface area contributed by atoms with Gasteiger partial charge in [-0.15, -0.1) is 24.0 Å². The number of carbonyl (C=O) groups excluding carboxylic acids is 1. The smallest absolute Gasteiger partial charge is 0.416 e. The fraction of sp³-hybridized carbons (Fsp3) is 0.500. The number of carbonyl (C=O) groups is 1. The van der Waals surface area contributed by atoms with Crippen molar-refractivity contribution in [2.45, 2.75) is 25.9 Å². The average molecular weight is 473 g/mol. The summed E-state index contributed by atoms with van der Waals surface area (Å²) in [5.74, 6) is 0.215. The molecule has 0 aliphatic heterocycles. The number of hydrogen-bond acceptors (Lipinski definition) is 3. The minimum Gasteiger partial charge on any atom is -0.469 e. The molecular weight excluding hydrogens is 450 g/mol. The molecule has 1 rings (SSSR count). The number of ether oxygens (including phenoxy) is 1. The molecule has 0 spiro atoms. The quantitative estimate of drug-likeness (QED) is 0.277. The number of hydrogen-bond donors (Lipinski definition) is 2. The van der Waals surface area contributed by atoms with E-state index in [0.29, 0.717) is 32.0 Å². The summed E-state index contributed by atoms with van der Waals surface area (Å²) in [4.78, 5) is 15.3. The molecule has 0 aromatic heterocycles. The summed E-state index contributed by atoms with van der Waals surface area (Å²) in [5, 5.41) is 6.10. The highest BCUT2D eigenvalue weighted by Crippen LogP contribution is 2.29. The lowest BCUT2D eigenvalue weighted by molar-refractivity contribution is -0.140. The van der Waals surface area contributed by atoms with Crippen molar-refractivity contribution in [1.29, 1.82) is 0 Å². The molecule has 142 valence electrons. The van der Waals surface area contributed by atoms with E-state index in [1.807, 2.05) is 6.92 Å². The molecule has 1 aromatic rings. The first-order chi connectivity index (χ1) is 11.4. The lowest BCUT2D eigenvalue weighted by Gasteiger charge is -2.12. The van der Waals surface area contributed by atoms with E-state index in [1.165, 1.54) is 19.2 Å². The number of aliphatic imine (C=N–C) groups is 1. The van der Waals surface area contributed by atoms with Crippen molar-refractivity contribution in [1.82, 2.24) is 10.6 Å². The van der Waals surface area contributed by atoms with Gasteiger partial charge in [0.15, 0.2) is 5.96 Å². The Morgan fingerprint density at radius 3 is 2.36 bits per heavy atom. The van der Waals surface area contributed by atoms with Crippen LogP contribution < -0.4 is 10.6 Å². The van der Waals surface area contributed by atoms with Gasteiger partial charge in [-0.2, -0.15) is 13.2 Å². The highest BCUT2D eigenvalue weighted by molar-refractivity contribution is 14.0. The number of nitrogens with zero attached hydrogens (tertiary/aromatic N) is 1. The summed E-state index contributed by atoms with van der Waals surface area (Å²) >= 11 is 0. The minimum atomic E-state index is -4.32. The first kappa shape index (κ1) is 23.5. The van der Waals surface area contributed by atoms with E-state index in [4.69, 9.17) is 0 Å². The molecule has 25 heavy (non-hydrogen) atoms. The summed E-state index contributed by atoms with van der Waals surface area (Å²) in [6.07, 6.45) is -3.58. The second-order valence-corrected chi connectivity index (χ2v) is 4.96. The van der Waals surface area contributed by atoms with Crippen LogP contribution in [-0.4, -0.2) is 38.7 Å². The molecule has 2 N–H and O–H groups in total. The van der Waals surface area contributed by atoms with Crippen molar-refractivity contribution < 1.29 is 22.7 Å². The molecule has 0 atom stereocenters. The van der Waals surface area contributed by atoms with Gasteiger partial charge in [0.25, 0.3) is 0 Å². The van der Waals surface area contributed by atoms with E-state index in [-0.39, 0.29) is 36.4 Å². The summed E-state index contributed by atoms with van der Waals surface area (Å²) in [6.45, 7) is 3.37. The second-order valence-electron chi connectivity index (χ2n) is 4.96. The van der Waals surface area contributed by atoms with Crippen LogP contribution in [0.4, 0.5) is 13.2 Å². The Labute approximate surface area is 162 Å². The summed E-state index contributed by atoms with van der Waals surface area (Å²) in [5.41, 5.74) is 0.137. The van der Waals surface area contributed by atoms with Crippen LogP contribution >= 0.6 is 24.0 Å². The van der Waals surface area contributed by atoms with Crippen LogP contribution in [0.2, 0.25) is 0 Å². The minimum absolute atomic E-state index is 0. The first-order valence-corrected chi connectivity index (χ1v) is 7.62. The predicted octanol–water partition coefficient (Wildman–Crippen LogP) is 2.98. The standard InChI is InChI=1S/C16H22F3N3O2.HI/c1-3-20-15(22-11-9-14(23)24-2)21-10-8-12-4-6-13(7-5-12)16(17,18)19;/h4-7H,3,8-11H2,1-2H3,(H2,20,21,22);1H. The van der Waals surface area contributed by atoms with Gasteiger partial charge in [0.2, 0.25) is 0 Å². The van der Waals surface area contributed by atoms with E-state index in [1.54, 1.807) is 0 Å². The molecular formula is C16H23F3IN3O2. The Morgan fingerprint density at radius 1 is 1.20 bits per heavy atom. The number of benzene rings is 1. The summed E-state index contributed by atoms with van der Waals surface area (Å²) in [7, 11) is 1.32. The molecule has 0 aliphatic carbocycles. The number of rotatable bonds is 7. The molecule has 0 bridgehead atoms. The van der Waals surface area contributed by atoms with Gasteiger partial charge in [0.1, 0.15) is 0 Å². The number of halogens is 4. The van der Waals surface area contributed by atoms with E-state index in [2.05, 4.69) is 20.4 Å². The highest BCUT2D eigenvalue weighted by Gasteiger charge is 2.29. The van der Waals surface area contributed by atoms with Crippen molar-refractivity contribution in [3.63, 3.8) is 0 Å². The Bertz CT molecular complexity index is 549. The molecule has 1 aromatic carbocycles. The third-order valence-corrected chi connectivity index (χ3v) is 3.15. The zero-order valence-electron chi connectivity index (χ0n) is 14.2. The van der Waals surface area contributed by atoms with Gasteiger partial charge in [-0.1, -0.05) is 12.1 Å². The van der Waals surface area contributed by atoms with Crippen LogP contribution in [0.3, 0.4) is 0 Å². The number of esters is 1. The van der Waals surface area contributed by atoms with E-state index < -0.39 is 11.7 Å². The molecule has 0 unspecified atom stereocenters. The molecule has 0 saturated carbocycles. The Kier molecular flexibility index (Phi) is 11.2. The fourth-order valence-electron chi connectivity index (χ4n) is 1.89. The maximum atomic E-state index is 12.5. The Hall–Kier alpha value is -1.52. The van der Waals surface area contributed by atoms with E-state index >= 15 is 0 Å². The van der Waals surface area contributed by atoms with Crippen LogP contribution in [0.5, 0.6) is 0 Å². The van der Waals surface area contributed by atoms with Gasteiger partial charge in [0, 0.05) is 13.1 Å². The molecule has 0 amide bonds. The highest BCUT2D eigenvalue weighted by atomic mass is 127. The van der Waals surface area contributed by atoms with Gasteiger partial charge in [-0.25, -0.2) is 0 Å². The van der Waals surface area contributed by atoms with Crippen molar-refractivity contribution >= 4 is 35.9 Å². The zero-order valence-corrected chi connectivity index (χ0v) is 16.5. The molecule has 9 heteroatoms. The van der Waals surface area contributed by atoms with Gasteiger partial charge < -0.3 is 15.4 Å². The van der Waals surface area contributed by atoms with Gasteiger partial charge >= 0.3 is 12.1 Å². The second kappa shape index (κ2) is 11.9. The first-order valence-electron chi connectivity index (χ1n) is 7.62. The average Bonchev–Trinajstić information content (AvgIpc) is 2.54. The van der Waals surface area contributed by atoms with Crippen LogP contribution in [-0.2, 0) is 22.1 Å². The lowest BCUT2D eigenvalue weighted by Crippen LogP contribution is -2.38. The topological polar surface area (TPSA) is 62.7 Å². The maximum Gasteiger partial charge on any atom is 0.416 e. The third-order valence-electron chi connectivity index (χ3n) is 3.15. The molecule has 0 aliphatic rings. The largest absolute Gasteiger partial charge is 0.469 e. The maximum absolute atomic E-state index is 12.5. The van der Waals surface area contributed by atoms with Crippen LogP contribution in [0, 0.1) is 0 Å². The van der Waals surface area contributed by atoms with Crippen molar-refractivity contribution in [2.24, 2.45) is 4.99 Å². The Balaban J connectivity index is 0.00000576. The normalized spacial score (nSPS) is 11.5. The molecule has 0 saturated heterocycles. The van der Waals surface area contributed by atoms with Crippen molar-refractivity contribution in [3.05, 3.63) is 35.4 Å². The lowest BCUT2D eigenvalue weighted by atomic mass is 10.1. The van der Waals surface area contributed by atoms with E-state index in [9.17, 15) is 18.0 Å². The van der Waals surface area contributed by atoms with Gasteiger partial charge in [0.05, 0.1) is 25.6 Å². The van der Waals surface area contributed by atoms with Crippen LogP contribution in [0.1, 0.15) is 24.5 Å². The van der Waals surface area contributed by atoms with E-state index in [0.717, 1.165) is 17.7 Å². The monoisotopic (exact) mass is 473 g/mol. The van der Waals surface area contributed by atoms with Gasteiger partial charge in [-0.05, 0) is 31.0 Å². The van der Waals surface area contributed by atoms with Crippen LogP contribution in [0.25, 0.3) is 0 Å². The van der Waals surface area contributed by atoms with Crippen molar-refractivity contribution in [2.75, 3.05) is 26.7 Å². The number of alkyl halides is 3. The zero-order chi connectivity index (χ0) is 18.0. The third kappa shape index (κ3) is 9.51. The number of guanidine groups is 1.